The number of halogens is 4. The topological polar surface area (TPSA) is 50.7 Å². The number of rotatable bonds is 7. The first-order valence-electron chi connectivity index (χ1n) is 9.25. The molecule has 1 N–H and O–H groups in total. The zero-order valence-electron chi connectivity index (χ0n) is 16.5. The van der Waals surface area contributed by atoms with Gasteiger partial charge in [0.15, 0.2) is 0 Å². The third-order valence-corrected chi connectivity index (χ3v) is 6.49. The summed E-state index contributed by atoms with van der Waals surface area (Å²) in [6.45, 7) is 2.35. The van der Waals surface area contributed by atoms with Crippen molar-refractivity contribution in [1.29, 1.82) is 0 Å². The molecule has 0 aliphatic carbocycles. The molecule has 160 valence electrons. The molecule has 0 radical (unpaired) electrons. The van der Waals surface area contributed by atoms with E-state index in [2.05, 4.69) is 55.7 Å². The number of nitrogens with zero attached hydrogens (tertiary/aromatic N) is 1. The predicted octanol–water partition coefficient (Wildman–Crippen LogP) is 6.78. The van der Waals surface area contributed by atoms with Gasteiger partial charge >= 0.3 is 0 Å². The van der Waals surface area contributed by atoms with Crippen molar-refractivity contribution in [3.63, 3.8) is 0 Å². The van der Waals surface area contributed by atoms with E-state index < -0.39 is 0 Å². The third kappa shape index (κ3) is 7.34. The Balaban J connectivity index is 1.60. The van der Waals surface area contributed by atoms with E-state index in [1.807, 2.05) is 49.4 Å². The number of aryl methyl sites for hydroxylation is 1. The van der Waals surface area contributed by atoms with Crippen LogP contribution >= 0.6 is 68.4 Å². The van der Waals surface area contributed by atoms with Crippen molar-refractivity contribution in [1.82, 2.24) is 5.43 Å². The Labute approximate surface area is 218 Å². The van der Waals surface area contributed by atoms with Crippen molar-refractivity contribution in [2.45, 2.75) is 20.0 Å². The first-order chi connectivity index (χ1) is 14.8. The molecule has 1 amide bonds. The third-order valence-electron chi connectivity index (χ3n) is 4.30. The van der Waals surface area contributed by atoms with Gasteiger partial charge in [0.1, 0.15) is 12.4 Å². The molecule has 0 aliphatic rings. The largest absolute Gasteiger partial charge is 0.487 e. The maximum atomic E-state index is 12.1. The van der Waals surface area contributed by atoms with E-state index in [4.69, 9.17) is 27.9 Å². The molecule has 0 atom stereocenters. The fraction of sp³-hybridized carbons (Fsp3) is 0.130. The summed E-state index contributed by atoms with van der Waals surface area (Å²) in [6.07, 6.45) is 1.91. The molecule has 0 unspecified atom stereocenters. The number of benzene rings is 3. The molecule has 0 aromatic heterocycles. The molecule has 31 heavy (non-hydrogen) atoms. The molecule has 0 saturated carbocycles. The van der Waals surface area contributed by atoms with E-state index >= 15 is 0 Å². The van der Waals surface area contributed by atoms with Gasteiger partial charge in [-0.2, -0.15) is 5.10 Å². The number of amides is 1. The number of hydrogen-bond donors (Lipinski definition) is 1. The first-order valence-corrected chi connectivity index (χ1v) is 12.2. The fourth-order valence-electron chi connectivity index (χ4n) is 2.69. The lowest BCUT2D eigenvalue weighted by atomic mass is 10.1. The van der Waals surface area contributed by atoms with Gasteiger partial charge in [0.25, 0.3) is 0 Å². The van der Waals surface area contributed by atoms with Crippen LogP contribution < -0.4 is 10.2 Å². The average molecular weight is 679 g/mol. The maximum Gasteiger partial charge on any atom is 0.244 e. The van der Waals surface area contributed by atoms with Crippen LogP contribution in [0.5, 0.6) is 5.75 Å². The van der Waals surface area contributed by atoms with Gasteiger partial charge in [-0.15, -0.1) is 0 Å². The van der Waals surface area contributed by atoms with E-state index in [9.17, 15) is 4.79 Å². The molecule has 0 saturated heterocycles. The lowest BCUT2D eigenvalue weighted by molar-refractivity contribution is -0.120. The normalized spacial score (nSPS) is 11.0. The van der Waals surface area contributed by atoms with Crippen LogP contribution in [0.4, 0.5) is 0 Å². The van der Waals surface area contributed by atoms with E-state index in [1.54, 1.807) is 18.3 Å². The van der Waals surface area contributed by atoms with E-state index in [1.165, 1.54) is 0 Å². The number of ether oxygens (including phenoxy) is 1. The number of carbonyl (C=O) groups excluding carboxylic acids is 1. The molecule has 0 bridgehead atoms. The molecular weight excluding hydrogens is 661 g/mol. The van der Waals surface area contributed by atoms with Crippen LogP contribution in [0.2, 0.25) is 10.0 Å². The maximum absolute atomic E-state index is 12.1. The number of carbonyl (C=O) groups is 1. The molecule has 3 rings (SSSR count). The number of nitrogens with one attached hydrogen (secondary N) is 1. The standard InChI is InChI=1S/C23H18Cl2I2N2O2/c1-14-2-4-15(5-3-14)10-22(30)29-28-12-16-8-20(26)23(21(27)9-16)31-13-17-6-7-18(24)11-19(17)25/h2-9,11-12H,10,13H2,1H3,(H,29,30)/b28-12+. The lowest BCUT2D eigenvalue weighted by Gasteiger charge is -2.12. The summed E-state index contributed by atoms with van der Waals surface area (Å²) in [6, 6.07) is 17.1. The second-order valence-corrected chi connectivity index (χ2v) is 9.96. The van der Waals surface area contributed by atoms with Crippen molar-refractivity contribution in [2.75, 3.05) is 0 Å². The lowest BCUT2D eigenvalue weighted by Crippen LogP contribution is -2.19. The molecule has 0 fully saturated rings. The summed E-state index contributed by atoms with van der Waals surface area (Å²) in [7, 11) is 0. The second kappa shape index (κ2) is 11.5. The highest BCUT2D eigenvalue weighted by Crippen LogP contribution is 2.30. The molecule has 0 aliphatic heterocycles. The van der Waals surface area contributed by atoms with Gasteiger partial charge in [-0.25, -0.2) is 5.43 Å². The molecule has 8 heteroatoms. The zero-order chi connectivity index (χ0) is 22.4. The van der Waals surface area contributed by atoms with Gasteiger partial charge in [0.05, 0.1) is 19.8 Å². The summed E-state index contributed by atoms with van der Waals surface area (Å²) in [5.74, 6) is 0.608. The van der Waals surface area contributed by atoms with E-state index in [0.29, 0.717) is 16.7 Å². The highest BCUT2D eigenvalue weighted by molar-refractivity contribution is 14.1. The molecule has 3 aromatic rings. The summed E-state index contributed by atoms with van der Waals surface area (Å²) >= 11 is 16.6. The number of hydrogen-bond acceptors (Lipinski definition) is 3. The summed E-state index contributed by atoms with van der Waals surface area (Å²) < 4.78 is 7.85. The SMILES string of the molecule is Cc1ccc(CC(=O)N/N=C/c2cc(I)c(OCc3ccc(Cl)cc3Cl)c(I)c2)cc1. The quantitative estimate of drug-likeness (QED) is 0.170. The average Bonchev–Trinajstić information content (AvgIpc) is 2.70. The van der Waals surface area contributed by atoms with E-state index in [0.717, 1.165) is 35.1 Å². The Morgan fingerprint density at radius 1 is 1.06 bits per heavy atom. The van der Waals surface area contributed by atoms with Crippen LogP contribution in [0.3, 0.4) is 0 Å². The second-order valence-electron chi connectivity index (χ2n) is 6.79. The minimum absolute atomic E-state index is 0.163. The van der Waals surface area contributed by atoms with Gasteiger partial charge in [0, 0.05) is 15.6 Å². The summed E-state index contributed by atoms with van der Waals surface area (Å²) in [5.41, 5.74) is 6.41. The van der Waals surface area contributed by atoms with Crippen LogP contribution in [-0.4, -0.2) is 12.1 Å². The van der Waals surface area contributed by atoms with E-state index in [-0.39, 0.29) is 12.3 Å². The molecule has 4 nitrogen and oxygen atoms in total. The zero-order valence-corrected chi connectivity index (χ0v) is 22.3. The Hall–Kier alpha value is -1.36. The van der Waals surface area contributed by atoms with Crippen LogP contribution in [0.15, 0.2) is 59.7 Å². The van der Waals surface area contributed by atoms with Crippen molar-refractivity contribution < 1.29 is 9.53 Å². The van der Waals surface area contributed by atoms with Crippen molar-refractivity contribution in [3.05, 3.63) is 94.0 Å². The highest BCUT2D eigenvalue weighted by Gasteiger charge is 2.10. The Bertz CT molecular complexity index is 1100. The Morgan fingerprint density at radius 3 is 2.39 bits per heavy atom. The van der Waals surface area contributed by atoms with Crippen LogP contribution in [0.1, 0.15) is 22.3 Å². The summed E-state index contributed by atoms with van der Waals surface area (Å²) in [4.78, 5) is 12.1. The molecule has 3 aromatic carbocycles. The number of hydrazone groups is 1. The highest BCUT2D eigenvalue weighted by atomic mass is 127. The fourth-order valence-corrected chi connectivity index (χ4v) is 5.28. The van der Waals surface area contributed by atoms with Crippen molar-refractivity contribution >= 4 is 80.5 Å². The van der Waals surface area contributed by atoms with Crippen LogP contribution in [0.25, 0.3) is 0 Å². The monoisotopic (exact) mass is 678 g/mol. The molecule has 0 spiro atoms. The smallest absolute Gasteiger partial charge is 0.244 e. The Morgan fingerprint density at radius 2 is 1.74 bits per heavy atom. The van der Waals surface area contributed by atoms with Crippen LogP contribution in [-0.2, 0) is 17.8 Å². The van der Waals surface area contributed by atoms with Crippen LogP contribution in [0, 0.1) is 14.1 Å². The van der Waals surface area contributed by atoms with Gasteiger partial charge < -0.3 is 4.74 Å². The minimum atomic E-state index is -0.163. The van der Waals surface area contributed by atoms with Gasteiger partial charge in [-0.05, 0) is 87.5 Å². The predicted molar refractivity (Wildman–Crippen MR) is 143 cm³/mol. The Kier molecular flexibility index (Phi) is 9.00. The molecule has 0 heterocycles. The first kappa shape index (κ1) is 24.3. The van der Waals surface area contributed by atoms with Gasteiger partial charge in [-0.3, -0.25) is 4.79 Å². The molecular formula is C23H18Cl2I2N2O2. The minimum Gasteiger partial charge on any atom is -0.487 e. The van der Waals surface area contributed by atoms with Gasteiger partial charge in [-0.1, -0.05) is 59.1 Å². The van der Waals surface area contributed by atoms with Gasteiger partial charge in [0.2, 0.25) is 5.91 Å². The van der Waals surface area contributed by atoms with Crippen molar-refractivity contribution in [3.8, 4) is 5.75 Å². The van der Waals surface area contributed by atoms with Crippen molar-refractivity contribution in [2.24, 2.45) is 5.10 Å². The summed E-state index contributed by atoms with van der Waals surface area (Å²) in [5, 5.41) is 5.24.